The van der Waals surface area contributed by atoms with Crippen LogP contribution in [-0.4, -0.2) is 27.3 Å². The number of carbonyl (C=O) groups excluding carboxylic acids is 3. The van der Waals surface area contributed by atoms with Crippen molar-refractivity contribution in [1.29, 1.82) is 0 Å². The van der Waals surface area contributed by atoms with Crippen LogP contribution >= 0.6 is 95.6 Å². The fourth-order valence-corrected chi connectivity index (χ4v) is 7.81. The molecule has 15 heteroatoms. The molecule has 0 atom stereocenters. The summed E-state index contributed by atoms with van der Waals surface area (Å²) in [7, 11) is 0. The van der Waals surface area contributed by atoms with E-state index < -0.39 is 0 Å². The summed E-state index contributed by atoms with van der Waals surface area (Å²) in [6.07, 6.45) is 6.96. The van der Waals surface area contributed by atoms with Crippen molar-refractivity contribution in [2.45, 2.75) is 0 Å². The molecular weight excluding hydrogens is 1440 g/mol. The first-order chi connectivity index (χ1) is 34.1. The Labute approximate surface area is 507 Å². The van der Waals surface area contributed by atoms with E-state index in [1.165, 1.54) is 0 Å². The Kier molecular flexibility index (Phi) is 23.8. The van der Waals surface area contributed by atoms with Crippen LogP contribution in [0.5, 0.6) is 0 Å². The average Bonchev–Trinajstić information content (AvgIpc) is 3.38. The Morgan fingerprint density at radius 2 is 0.528 bits per heavy atom. The van der Waals surface area contributed by atoms with Crippen molar-refractivity contribution < 1.29 is 79.1 Å². The van der Waals surface area contributed by atoms with Gasteiger partial charge in [-0.25, -0.2) is 0 Å². The summed E-state index contributed by atoms with van der Waals surface area (Å²) in [5, 5.41) is 38.0. The van der Waals surface area contributed by atoms with E-state index in [0.717, 1.165) is 66.9 Å². The maximum atomic E-state index is 11.9. The van der Waals surface area contributed by atoms with Gasteiger partial charge in [0.15, 0.2) is 17.3 Å². The zero-order chi connectivity index (χ0) is 50.9. The molecule has 8 nitrogen and oxygen atoms in total. The predicted molar refractivity (Wildman–Crippen MR) is 299 cm³/mol. The summed E-state index contributed by atoms with van der Waals surface area (Å²) in [6.45, 7) is 0. The molecule has 72 heavy (non-hydrogen) atoms. The maximum absolute atomic E-state index is 11.9. The molecule has 7 aromatic carbocycles. The topological polar surface area (TPSA) is 146 Å². The van der Waals surface area contributed by atoms with Gasteiger partial charge in [0.1, 0.15) is 0 Å². The molecule has 2 heterocycles. The van der Waals surface area contributed by atoms with E-state index >= 15 is 0 Å². The van der Waals surface area contributed by atoms with Crippen molar-refractivity contribution in [3.05, 3.63) is 273 Å². The fourth-order valence-electron chi connectivity index (χ4n) is 6.22. The van der Waals surface area contributed by atoms with Gasteiger partial charge in [-0.2, -0.15) is 0 Å². The number of ketones is 3. The van der Waals surface area contributed by atoms with Crippen LogP contribution in [0.25, 0.3) is 39.1 Å². The van der Waals surface area contributed by atoms with Crippen LogP contribution < -0.4 is 15.3 Å². The minimum Gasteiger partial charge on any atom is -0.872 e. The van der Waals surface area contributed by atoms with Gasteiger partial charge >= 0.3 is 49.4 Å². The summed E-state index contributed by atoms with van der Waals surface area (Å²) in [5.74, 6) is -1.75. The van der Waals surface area contributed by atoms with Crippen LogP contribution in [0.4, 0.5) is 0 Å². The van der Waals surface area contributed by atoms with Gasteiger partial charge in [0.2, 0.25) is 0 Å². The third-order valence-corrected chi connectivity index (χ3v) is 13.1. The second-order valence-corrected chi connectivity index (χ2v) is 20.4. The summed E-state index contributed by atoms with van der Waals surface area (Å²) in [4.78, 5) is 44.4. The monoisotopic (exact) mass is 1470 g/mol. The van der Waals surface area contributed by atoms with Crippen molar-refractivity contribution >= 4 is 152 Å². The summed E-state index contributed by atoms with van der Waals surface area (Å²) < 4.78 is 5.35. The standard InChI is InChI=1S/3C15H10Br2O2.C12H8N2.Eu/c3*16-12-5-1-10(2-6-12)14(18)9-15(19)11-3-7-13(17)8-4-11;1-3-9-5-6-10-4-2-8-14-12(10)11(9)13-7-1;/h3*1-9,18H;1-8H;/q;;;;+3/p-3/b3*14-9-;;. The Morgan fingerprint density at radius 3 is 0.750 bits per heavy atom. The molecular formula is C57H35Br6EuN2O6. The zero-order valence-corrected chi connectivity index (χ0v) is 49.1. The van der Waals surface area contributed by atoms with Crippen LogP contribution in [-0.2, 0) is 0 Å². The van der Waals surface area contributed by atoms with Gasteiger partial charge in [0.05, 0.1) is 11.0 Å². The van der Waals surface area contributed by atoms with Gasteiger partial charge in [-0.05, 0) is 156 Å². The number of hydrogen-bond donors (Lipinski definition) is 0. The number of aromatic nitrogens is 2. The van der Waals surface area contributed by atoms with E-state index in [0.29, 0.717) is 33.4 Å². The van der Waals surface area contributed by atoms with Gasteiger partial charge < -0.3 is 15.3 Å². The second-order valence-electron chi connectivity index (χ2n) is 14.9. The Morgan fingerprint density at radius 1 is 0.319 bits per heavy atom. The molecule has 0 saturated carbocycles. The number of benzene rings is 7. The molecule has 0 bridgehead atoms. The van der Waals surface area contributed by atoms with Crippen molar-refractivity contribution in [3.63, 3.8) is 0 Å². The molecule has 0 aliphatic carbocycles. The third-order valence-electron chi connectivity index (χ3n) is 9.90. The van der Waals surface area contributed by atoms with Crippen molar-refractivity contribution in [2.75, 3.05) is 0 Å². The molecule has 2 aromatic heterocycles. The van der Waals surface area contributed by atoms with Crippen molar-refractivity contribution in [2.24, 2.45) is 0 Å². The first-order valence-electron chi connectivity index (χ1n) is 21.1. The smallest absolute Gasteiger partial charge is 0.872 e. The Balaban J connectivity index is 0.000000178. The van der Waals surface area contributed by atoms with E-state index in [9.17, 15) is 29.7 Å². The van der Waals surface area contributed by atoms with Gasteiger partial charge in [-0.3, -0.25) is 24.4 Å². The number of fused-ring (bicyclic) bond motifs is 3. The molecule has 358 valence electrons. The van der Waals surface area contributed by atoms with E-state index in [-0.39, 0.29) is 84.0 Å². The number of rotatable bonds is 9. The maximum Gasteiger partial charge on any atom is 3.00 e. The van der Waals surface area contributed by atoms with E-state index in [1.807, 2.05) is 12.1 Å². The van der Waals surface area contributed by atoms with Crippen LogP contribution in [0.2, 0.25) is 0 Å². The quantitative estimate of drug-likeness (QED) is 0.0601. The molecule has 0 amide bonds. The fraction of sp³-hybridized carbons (Fsp3) is 0. The third kappa shape index (κ3) is 18.1. The van der Waals surface area contributed by atoms with Gasteiger partial charge in [-0.1, -0.05) is 174 Å². The van der Waals surface area contributed by atoms with Crippen LogP contribution in [0.3, 0.4) is 0 Å². The number of pyridine rings is 2. The number of carbonyl (C=O) groups is 3. The van der Waals surface area contributed by atoms with E-state index in [4.69, 9.17) is 0 Å². The van der Waals surface area contributed by atoms with E-state index in [2.05, 4.69) is 130 Å². The minimum atomic E-state index is -0.291. The van der Waals surface area contributed by atoms with E-state index in [1.54, 1.807) is 158 Å². The molecule has 0 N–H and O–H groups in total. The number of halogens is 6. The summed E-state index contributed by atoms with van der Waals surface area (Å²) in [5.41, 5.74) is 4.92. The molecule has 0 unspecified atom stereocenters. The molecule has 0 radical (unpaired) electrons. The predicted octanol–water partition coefficient (Wildman–Crippen LogP) is 14.2. The molecule has 9 aromatic rings. The van der Waals surface area contributed by atoms with Crippen molar-refractivity contribution in [1.82, 2.24) is 9.97 Å². The van der Waals surface area contributed by atoms with Gasteiger partial charge in [0.25, 0.3) is 0 Å². The Hall–Kier alpha value is -4.55. The van der Waals surface area contributed by atoms with Crippen LogP contribution in [0.15, 0.2) is 239 Å². The molecule has 0 aliphatic heterocycles. The van der Waals surface area contributed by atoms with Gasteiger partial charge in [0, 0.05) is 66.7 Å². The normalized spacial score (nSPS) is 11.1. The molecule has 0 aliphatic rings. The number of hydrogen-bond acceptors (Lipinski definition) is 8. The molecule has 0 fully saturated rings. The summed E-state index contributed by atoms with van der Waals surface area (Å²) in [6, 6.07) is 53.5. The molecule has 9 rings (SSSR count). The minimum absolute atomic E-state index is 0. The summed E-state index contributed by atoms with van der Waals surface area (Å²) >= 11 is 19.8. The average molecular weight is 1480 g/mol. The van der Waals surface area contributed by atoms with Crippen molar-refractivity contribution in [3.8, 4) is 0 Å². The first kappa shape index (κ1) is 58.3. The van der Waals surface area contributed by atoms with Crippen LogP contribution in [0, 0.1) is 49.4 Å². The van der Waals surface area contributed by atoms with Gasteiger partial charge in [-0.15, -0.1) is 0 Å². The Bertz CT molecular complexity index is 3040. The number of allylic oxidation sites excluding steroid dienone is 3. The second kappa shape index (κ2) is 29.4. The molecule has 0 spiro atoms. The largest absolute Gasteiger partial charge is 3.00 e. The number of nitrogens with zero attached hydrogens (tertiary/aromatic N) is 2. The SMILES string of the molecule is O=C(/C=C(\[O-])c1ccc(Br)cc1)c1ccc(Br)cc1.O=C(/C=C(\[O-])c1ccc(Br)cc1)c1ccc(Br)cc1.O=C(/C=C(\[O-])c1ccc(Br)cc1)c1ccc(Br)cc1.[Eu+3].c1cnc2c(c1)ccc1cccnc12. The zero-order valence-electron chi connectivity index (χ0n) is 37.2. The molecule has 0 saturated heterocycles. The van der Waals surface area contributed by atoms with Crippen LogP contribution in [0.1, 0.15) is 47.8 Å². The first-order valence-corrected chi connectivity index (χ1v) is 25.8.